The molecule has 4 atom stereocenters. The lowest BCUT2D eigenvalue weighted by Gasteiger charge is -2.37. The van der Waals surface area contributed by atoms with Crippen LogP contribution in [-0.4, -0.2) is 39.5 Å². The minimum Gasteiger partial charge on any atom is -0.465 e. The van der Waals surface area contributed by atoms with Crippen LogP contribution < -0.4 is 11.1 Å². The van der Waals surface area contributed by atoms with Gasteiger partial charge in [0.15, 0.2) is 0 Å². The van der Waals surface area contributed by atoms with Crippen molar-refractivity contribution in [1.82, 2.24) is 10.3 Å². The zero-order chi connectivity index (χ0) is 24.7. The molecule has 180 valence electrons. The number of aromatic nitrogens is 1. The van der Waals surface area contributed by atoms with Crippen LogP contribution in [0.4, 0.5) is 4.79 Å². The molecule has 0 spiro atoms. The average molecular weight is 462 g/mol. The van der Waals surface area contributed by atoms with E-state index in [0.717, 1.165) is 22.3 Å². The van der Waals surface area contributed by atoms with Crippen molar-refractivity contribution in [1.29, 1.82) is 0 Å². The summed E-state index contributed by atoms with van der Waals surface area (Å²) >= 11 is 0. The number of aliphatic hydroxyl groups excluding tert-OH is 1. The first-order chi connectivity index (χ1) is 16.1. The molecule has 0 aliphatic carbocycles. The Hall–Kier alpha value is -3.22. The molecule has 1 amide bonds. The Kier molecular flexibility index (Phi) is 8.42. The van der Waals surface area contributed by atoms with E-state index in [1.54, 1.807) is 12.4 Å². The van der Waals surface area contributed by atoms with Crippen LogP contribution >= 0.6 is 0 Å². The number of benzene rings is 2. The fourth-order valence-corrected chi connectivity index (χ4v) is 4.71. The van der Waals surface area contributed by atoms with Gasteiger partial charge in [0.2, 0.25) is 0 Å². The van der Waals surface area contributed by atoms with Gasteiger partial charge < -0.3 is 21.3 Å². The number of hydrogen-bond acceptors (Lipinski definition) is 4. The zero-order valence-corrected chi connectivity index (χ0v) is 20.1. The highest BCUT2D eigenvalue weighted by atomic mass is 16.4. The summed E-state index contributed by atoms with van der Waals surface area (Å²) in [7, 11) is 0. The van der Waals surface area contributed by atoms with E-state index >= 15 is 0 Å². The molecule has 0 saturated carbocycles. The summed E-state index contributed by atoms with van der Waals surface area (Å²) < 4.78 is 0. The lowest BCUT2D eigenvalue weighted by Crippen LogP contribution is -2.48. The largest absolute Gasteiger partial charge is 0.465 e. The predicted octanol–water partition coefficient (Wildman–Crippen LogP) is 4.84. The number of carboxylic acid groups (broad SMARTS) is 1. The highest BCUT2D eigenvalue weighted by molar-refractivity contribution is 5.65. The number of nitrogens with zero attached hydrogens (tertiary/aromatic N) is 1. The average Bonchev–Trinajstić information content (AvgIpc) is 2.79. The fraction of sp³-hybridized carbons (Fsp3) is 0.357. The van der Waals surface area contributed by atoms with Gasteiger partial charge in [0.25, 0.3) is 0 Å². The molecule has 0 aliphatic heterocycles. The molecule has 3 aromatic rings. The summed E-state index contributed by atoms with van der Waals surface area (Å²) in [6.45, 7) is 6.41. The van der Waals surface area contributed by atoms with Crippen LogP contribution in [0, 0.1) is 5.41 Å². The molecule has 2 aromatic carbocycles. The van der Waals surface area contributed by atoms with E-state index in [1.165, 1.54) is 0 Å². The quantitative estimate of drug-likeness (QED) is 0.365. The lowest BCUT2D eigenvalue weighted by molar-refractivity contribution is 0.0956. The standard InChI is InChI=1S/C28H35N3O3/c1-28(2,3)26(22-11-9-20(10-12-22)21-13-15-30-16-14-21)23(29)18-25(32)24(31-27(33)34)17-19-7-5-4-6-8-19/h4-16,23-26,31-32H,17-18,29H2,1-3H3,(H,33,34)/t23-,24-,25+,26?/m0/s1. The molecule has 3 rings (SSSR count). The molecule has 0 saturated heterocycles. The number of hydrogen-bond donors (Lipinski definition) is 4. The molecule has 1 aromatic heterocycles. The molecule has 5 N–H and O–H groups in total. The van der Waals surface area contributed by atoms with E-state index in [-0.39, 0.29) is 23.8 Å². The van der Waals surface area contributed by atoms with Crippen molar-refractivity contribution in [3.05, 3.63) is 90.3 Å². The highest BCUT2D eigenvalue weighted by Crippen LogP contribution is 2.39. The Labute approximate surface area is 201 Å². The monoisotopic (exact) mass is 461 g/mol. The van der Waals surface area contributed by atoms with E-state index in [4.69, 9.17) is 5.73 Å². The Bertz CT molecular complexity index is 1030. The van der Waals surface area contributed by atoms with Gasteiger partial charge in [-0.25, -0.2) is 4.79 Å². The maximum atomic E-state index is 11.4. The molecule has 6 nitrogen and oxygen atoms in total. The first-order valence-corrected chi connectivity index (χ1v) is 11.6. The molecule has 1 heterocycles. The number of pyridine rings is 1. The fourth-order valence-electron chi connectivity index (χ4n) is 4.71. The summed E-state index contributed by atoms with van der Waals surface area (Å²) in [6, 6.07) is 20.8. The van der Waals surface area contributed by atoms with Crippen LogP contribution in [0.2, 0.25) is 0 Å². The van der Waals surface area contributed by atoms with Gasteiger partial charge in [0.1, 0.15) is 0 Å². The second kappa shape index (κ2) is 11.3. The number of amides is 1. The van der Waals surface area contributed by atoms with E-state index in [0.29, 0.717) is 6.42 Å². The Morgan fingerprint density at radius 1 is 0.971 bits per heavy atom. The van der Waals surface area contributed by atoms with Crippen molar-refractivity contribution in [2.24, 2.45) is 11.1 Å². The first kappa shape index (κ1) is 25.4. The number of nitrogens with one attached hydrogen (secondary N) is 1. The molecule has 0 bridgehead atoms. The van der Waals surface area contributed by atoms with Gasteiger partial charge in [-0.1, -0.05) is 75.4 Å². The van der Waals surface area contributed by atoms with Crippen LogP contribution in [-0.2, 0) is 6.42 Å². The maximum Gasteiger partial charge on any atom is 0.404 e. The highest BCUT2D eigenvalue weighted by Gasteiger charge is 2.34. The molecule has 0 aliphatic rings. The van der Waals surface area contributed by atoms with Crippen LogP contribution in [0.5, 0.6) is 0 Å². The molecule has 0 fully saturated rings. The maximum absolute atomic E-state index is 11.4. The second-order valence-corrected chi connectivity index (χ2v) is 9.91. The van der Waals surface area contributed by atoms with Crippen LogP contribution in [0.3, 0.4) is 0 Å². The van der Waals surface area contributed by atoms with Gasteiger partial charge in [-0.3, -0.25) is 4.98 Å². The normalized spacial score (nSPS) is 15.2. The third-order valence-electron chi connectivity index (χ3n) is 6.23. The van der Waals surface area contributed by atoms with Gasteiger partial charge in [-0.05, 0) is 52.6 Å². The summed E-state index contributed by atoms with van der Waals surface area (Å²) in [6.07, 6.45) is 2.12. The molecule has 0 radical (unpaired) electrons. The summed E-state index contributed by atoms with van der Waals surface area (Å²) in [5.41, 5.74) is 10.8. The van der Waals surface area contributed by atoms with Crippen LogP contribution in [0.1, 0.15) is 44.2 Å². The predicted molar refractivity (Wildman–Crippen MR) is 136 cm³/mol. The summed E-state index contributed by atoms with van der Waals surface area (Å²) in [5.74, 6) is -0.0316. The zero-order valence-electron chi connectivity index (χ0n) is 20.1. The van der Waals surface area contributed by atoms with E-state index < -0.39 is 18.2 Å². The smallest absolute Gasteiger partial charge is 0.404 e. The van der Waals surface area contributed by atoms with E-state index in [2.05, 4.69) is 55.3 Å². The third kappa shape index (κ3) is 6.89. The van der Waals surface area contributed by atoms with Gasteiger partial charge in [-0.2, -0.15) is 0 Å². The lowest BCUT2D eigenvalue weighted by atomic mass is 9.71. The molecule has 1 unspecified atom stereocenters. The van der Waals surface area contributed by atoms with Crippen LogP contribution in [0.15, 0.2) is 79.1 Å². The molecule has 34 heavy (non-hydrogen) atoms. The number of aliphatic hydroxyl groups is 1. The van der Waals surface area contributed by atoms with Crippen molar-refractivity contribution in [2.75, 3.05) is 0 Å². The van der Waals surface area contributed by atoms with Crippen molar-refractivity contribution < 1.29 is 15.0 Å². The summed E-state index contributed by atoms with van der Waals surface area (Å²) in [5, 5.41) is 22.8. The topological polar surface area (TPSA) is 108 Å². The van der Waals surface area contributed by atoms with Crippen LogP contribution in [0.25, 0.3) is 11.1 Å². The molecular formula is C28H35N3O3. The molecule has 6 heteroatoms. The second-order valence-electron chi connectivity index (χ2n) is 9.91. The van der Waals surface area contributed by atoms with E-state index in [1.807, 2.05) is 42.5 Å². The summed E-state index contributed by atoms with van der Waals surface area (Å²) in [4.78, 5) is 15.5. The number of carbonyl (C=O) groups is 1. The number of rotatable bonds is 9. The number of nitrogens with two attached hydrogens (primary N) is 1. The van der Waals surface area contributed by atoms with E-state index in [9.17, 15) is 15.0 Å². The third-order valence-corrected chi connectivity index (χ3v) is 6.23. The Morgan fingerprint density at radius 2 is 1.56 bits per heavy atom. The van der Waals surface area contributed by atoms with Gasteiger partial charge in [0.05, 0.1) is 12.1 Å². The Balaban J connectivity index is 1.78. The SMILES string of the molecule is CC(C)(C)C(c1ccc(-c2ccncc2)cc1)[C@@H](N)C[C@@H](O)[C@H](Cc1ccccc1)NC(=O)O. The molecular weight excluding hydrogens is 426 g/mol. The Morgan fingerprint density at radius 3 is 2.12 bits per heavy atom. The minimum absolute atomic E-state index is 0.0316. The van der Waals surface area contributed by atoms with Crippen molar-refractivity contribution in [3.63, 3.8) is 0 Å². The van der Waals surface area contributed by atoms with Gasteiger partial charge >= 0.3 is 6.09 Å². The van der Waals surface area contributed by atoms with Gasteiger partial charge in [-0.15, -0.1) is 0 Å². The van der Waals surface area contributed by atoms with Crippen molar-refractivity contribution in [2.45, 2.75) is 57.7 Å². The van der Waals surface area contributed by atoms with Crippen molar-refractivity contribution >= 4 is 6.09 Å². The first-order valence-electron chi connectivity index (χ1n) is 11.6. The van der Waals surface area contributed by atoms with Gasteiger partial charge in [0, 0.05) is 24.4 Å². The minimum atomic E-state index is -1.16. The van der Waals surface area contributed by atoms with Crippen molar-refractivity contribution in [3.8, 4) is 11.1 Å².